The van der Waals surface area contributed by atoms with Crippen molar-refractivity contribution in [2.45, 2.75) is 31.9 Å². The molecule has 9 heteroatoms. The van der Waals surface area contributed by atoms with Crippen molar-refractivity contribution in [3.63, 3.8) is 0 Å². The predicted molar refractivity (Wildman–Crippen MR) is 133 cm³/mol. The standard InChI is InChI=1S/C24H34N4O4S/c1-30-20-5-6-22-18(15-20)14-19(23(29)26-22)17-28(8-3-7-27-9-12-31-13-10-27)24(33)25-16-21-4-2-11-32-21/h5-6,14-15,21H,2-4,7-13,16-17H2,1H3,(H,25,33)(H,26,29)/t21-/m1/s1. The number of aromatic amines is 1. The van der Waals surface area contributed by atoms with Crippen LogP contribution in [-0.4, -0.2) is 85.7 Å². The number of hydrogen-bond acceptors (Lipinski definition) is 6. The van der Waals surface area contributed by atoms with Crippen LogP contribution in [0.2, 0.25) is 0 Å². The predicted octanol–water partition coefficient (Wildman–Crippen LogP) is 2.11. The van der Waals surface area contributed by atoms with Gasteiger partial charge in [-0.25, -0.2) is 0 Å². The first kappa shape index (κ1) is 23.9. The van der Waals surface area contributed by atoms with Gasteiger partial charge in [0.1, 0.15) is 5.75 Å². The molecule has 0 bridgehead atoms. The average Bonchev–Trinajstić information content (AvgIpc) is 3.36. The van der Waals surface area contributed by atoms with Crippen molar-refractivity contribution in [2.75, 3.05) is 59.7 Å². The summed E-state index contributed by atoms with van der Waals surface area (Å²) in [6, 6.07) is 7.59. The number of ether oxygens (including phenoxy) is 3. The molecule has 0 spiro atoms. The number of H-pyrrole nitrogens is 1. The van der Waals surface area contributed by atoms with Crippen molar-refractivity contribution in [1.82, 2.24) is 20.1 Å². The van der Waals surface area contributed by atoms with E-state index < -0.39 is 0 Å². The Kier molecular flexibility index (Phi) is 8.55. The van der Waals surface area contributed by atoms with Gasteiger partial charge in [0, 0.05) is 55.8 Å². The second kappa shape index (κ2) is 11.8. The maximum Gasteiger partial charge on any atom is 0.253 e. The molecule has 0 amide bonds. The molecule has 2 saturated heterocycles. The van der Waals surface area contributed by atoms with Gasteiger partial charge in [-0.05, 0) is 55.7 Å². The summed E-state index contributed by atoms with van der Waals surface area (Å²) in [6.07, 6.45) is 3.31. The van der Waals surface area contributed by atoms with Crippen molar-refractivity contribution < 1.29 is 14.2 Å². The molecule has 8 nitrogen and oxygen atoms in total. The van der Waals surface area contributed by atoms with Crippen LogP contribution in [0.3, 0.4) is 0 Å². The van der Waals surface area contributed by atoms with E-state index in [9.17, 15) is 4.79 Å². The zero-order valence-corrected chi connectivity index (χ0v) is 20.1. The van der Waals surface area contributed by atoms with E-state index in [0.29, 0.717) is 23.8 Å². The van der Waals surface area contributed by atoms with Gasteiger partial charge in [0.05, 0.1) is 33.0 Å². The summed E-state index contributed by atoms with van der Waals surface area (Å²) in [5.41, 5.74) is 1.39. The number of rotatable bonds is 9. The molecule has 0 saturated carbocycles. The Morgan fingerprint density at radius 2 is 2.15 bits per heavy atom. The van der Waals surface area contributed by atoms with Crippen LogP contribution >= 0.6 is 12.2 Å². The lowest BCUT2D eigenvalue weighted by Gasteiger charge is -2.30. The maximum atomic E-state index is 12.8. The van der Waals surface area contributed by atoms with E-state index in [1.807, 2.05) is 24.3 Å². The van der Waals surface area contributed by atoms with Gasteiger partial charge in [-0.2, -0.15) is 0 Å². The summed E-state index contributed by atoms with van der Waals surface area (Å²) in [4.78, 5) is 20.3. The lowest BCUT2D eigenvalue weighted by atomic mass is 10.1. The molecule has 33 heavy (non-hydrogen) atoms. The molecular formula is C24H34N4O4S. The van der Waals surface area contributed by atoms with Crippen LogP contribution in [0.15, 0.2) is 29.1 Å². The molecule has 1 atom stereocenters. The Balaban J connectivity index is 1.45. The topological polar surface area (TPSA) is 79.1 Å². The summed E-state index contributed by atoms with van der Waals surface area (Å²) >= 11 is 5.75. The van der Waals surface area contributed by atoms with Crippen LogP contribution in [0, 0.1) is 0 Å². The Morgan fingerprint density at radius 3 is 2.91 bits per heavy atom. The molecule has 2 N–H and O–H groups in total. The third-order valence-corrected chi connectivity index (χ3v) is 6.69. The number of benzene rings is 1. The highest BCUT2D eigenvalue weighted by molar-refractivity contribution is 7.80. The van der Waals surface area contributed by atoms with Crippen LogP contribution in [0.5, 0.6) is 5.75 Å². The fraction of sp³-hybridized carbons (Fsp3) is 0.583. The molecule has 0 radical (unpaired) electrons. The summed E-state index contributed by atoms with van der Waals surface area (Å²) in [6.45, 7) is 7.24. The summed E-state index contributed by atoms with van der Waals surface area (Å²) < 4.78 is 16.5. The van der Waals surface area contributed by atoms with E-state index in [-0.39, 0.29) is 11.7 Å². The highest BCUT2D eigenvalue weighted by Crippen LogP contribution is 2.19. The third kappa shape index (κ3) is 6.66. The fourth-order valence-corrected chi connectivity index (χ4v) is 4.60. The van der Waals surface area contributed by atoms with Crippen LogP contribution in [0.4, 0.5) is 0 Å². The minimum atomic E-state index is -0.0900. The number of nitrogens with one attached hydrogen (secondary N) is 2. The van der Waals surface area contributed by atoms with Gasteiger partial charge in [-0.3, -0.25) is 9.69 Å². The first-order valence-electron chi connectivity index (χ1n) is 11.8. The second-order valence-electron chi connectivity index (χ2n) is 8.63. The first-order valence-corrected chi connectivity index (χ1v) is 12.2. The van der Waals surface area contributed by atoms with Crippen molar-refractivity contribution >= 4 is 28.2 Å². The third-order valence-electron chi connectivity index (χ3n) is 6.29. The Morgan fingerprint density at radius 1 is 1.30 bits per heavy atom. The summed E-state index contributed by atoms with van der Waals surface area (Å²) in [7, 11) is 1.64. The van der Waals surface area contributed by atoms with Crippen LogP contribution in [-0.2, 0) is 16.0 Å². The lowest BCUT2D eigenvalue weighted by molar-refractivity contribution is 0.0367. The number of aromatic nitrogens is 1. The molecule has 2 fully saturated rings. The Hall–Kier alpha value is -2.20. The van der Waals surface area contributed by atoms with Crippen molar-refractivity contribution in [3.05, 3.63) is 40.2 Å². The summed E-state index contributed by atoms with van der Waals surface area (Å²) in [5, 5.41) is 4.98. The molecule has 4 rings (SSSR count). The van der Waals surface area contributed by atoms with Gasteiger partial charge in [0.2, 0.25) is 0 Å². The monoisotopic (exact) mass is 474 g/mol. The molecular weight excluding hydrogens is 440 g/mol. The molecule has 2 aliphatic rings. The molecule has 0 unspecified atom stereocenters. The van der Waals surface area contributed by atoms with E-state index in [4.69, 9.17) is 26.4 Å². The largest absolute Gasteiger partial charge is 0.497 e. The van der Waals surface area contributed by atoms with Crippen molar-refractivity contribution in [2.24, 2.45) is 0 Å². The average molecular weight is 475 g/mol. The highest BCUT2D eigenvalue weighted by Gasteiger charge is 2.19. The van der Waals surface area contributed by atoms with Gasteiger partial charge in [0.15, 0.2) is 5.11 Å². The Bertz CT molecular complexity index is 986. The lowest BCUT2D eigenvalue weighted by Crippen LogP contribution is -2.44. The molecule has 2 aromatic rings. The minimum Gasteiger partial charge on any atom is -0.497 e. The molecule has 1 aromatic heterocycles. The van der Waals surface area contributed by atoms with E-state index in [2.05, 4.69) is 20.1 Å². The maximum absolute atomic E-state index is 12.8. The van der Waals surface area contributed by atoms with Crippen LogP contribution < -0.4 is 15.6 Å². The highest BCUT2D eigenvalue weighted by atomic mass is 32.1. The second-order valence-corrected chi connectivity index (χ2v) is 9.01. The van der Waals surface area contributed by atoms with Crippen LogP contribution in [0.1, 0.15) is 24.8 Å². The van der Waals surface area contributed by atoms with Gasteiger partial charge in [0.25, 0.3) is 5.56 Å². The SMILES string of the molecule is COc1ccc2[nH]c(=O)c(CN(CCCN3CCOCC3)C(=S)NC[C@H]3CCCO3)cc2c1. The number of nitrogens with zero attached hydrogens (tertiary/aromatic N) is 2. The number of thiocarbonyl (C=S) groups is 1. The number of hydrogen-bond donors (Lipinski definition) is 2. The zero-order valence-electron chi connectivity index (χ0n) is 19.3. The quantitative estimate of drug-likeness (QED) is 0.535. The smallest absolute Gasteiger partial charge is 0.253 e. The van der Waals surface area contributed by atoms with Gasteiger partial charge < -0.3 is 29.4 Å². The molecule has 1 aromatic carbocycles. The normalized spacial score (nSPS) is 19.0. The fourth-order valence-electron chi connectivity index (χ4n) is 4.36. The van der Waals surface area contributed by atoms with Gasteiger partial charge in [-0.15, -0.1) is 0 Å². The molecule has 180 valence electrons. The molecule has 0 aliphatic carbocycles. The van der Waals surface area contributed by atoms with Crippen LogP contribution in [0.25, 0.3) is 10.9 Å². The number of pyridine rings is 1. The zero-order chi connectivity index (χ0) is 23.0. The minimum absolute atomic E-state index is 0.0900. The van der Waals surface area contributed by atoms with E-state index in [0.717, 1.165) is 81.9 Å². The molecule has 2 aliphatic heterocycles. The van der Waals surface area contributed by atoms with E-state index in [1.165, 1.54) is 0 Å². The molecule has 3 heterocycles. The Labute approximate surface area is 200 Å². The van der Waals surface area contributed by atoms with Gasteiger partial charge in [-0.1, -0.05) is 0 Å². The van der Waals surface area contributed by atoms with Crippen molar-refractivity contribution in [3.8, 4) is 5.75 Å². The first-order chi connectivity index (χ1) is 16.1. The number of methoxy groups -OCH3 is 1. The number of morpholine rings is 1. The van der Waals surface area contributed by atoms with E-state index >= 15 is 0 Å². The van der Waals surface area contributed by atoms with E-state index in [1.54, 1.807) is 7.11 Å². The number of fused-ring (bicyclic) bond motifs is 1. The summed E-state index contributed by atoms with van der Waals surface area (Å²) in [5.74, 6) is 0.761. The van der Waals surface area contributed by atoms with Gasteiger partial charge >= 0.3 is 0 Å². The van der Waals surface area contributed by atoms with Crippen molar-refractivity contribution in [1.29, 1.82) is 0 Å².